The van der Waals surface area contributed by atoms with Crippen molar-refractivity contribution in [3.05, 3.63) is 36.0 Å². The second kappa shape index (κ2) is 4.70. The lowest BCUT2D eigenvalue weighted by molar-refractivity contribution is -0.138. The highest BCUT2D eigenvalue weighted by Gasteiger charge is 2.43. The van der Waals surface area contributed by atoms with Crippen molar-refractivity contribution in [1.82, 2.24) is 9.88 Å². The number of nitrogens with one attached hydrogen (secondary N) is 1. The van der Waals surface area contributed by atoms with Gasteiger partial charge in [0.25, 0.3) is 0 Å². The number of hydrogen-bond donors (Lipinski definition) is 2. The summed E-state index contributed by atoms with van der Waals surface area (Å²) < 4.78 is 0. The van der Waals surface area contributed by atoms with E-state index in [9.17, 15) is 4.79 Å². The molecule has 1 fully saturated rings. The van der Waals surface area contributed by atoms with Crippen molar-refractivity contribution in [3.63, 3.8) is 0 Å². The Hall–Kier alpha value is -1.81. The first-order chi connectivity index (χ1) is 9.13. The number of aliphatic carboxylic acids is 1. The van der Waals surface area contributed by atoms with Crippen molar-refractivity contribution < 1.29 is 9.90 Å². The molecule has 0 saturated heterocycles. The molecule has 100 valence electrons. The summed E-state index contributed by atoms with van der Waals surface area (Å²) in [5.41, 5.74) is 2.41. The minimum atomic E-state index is -0.647. The maximum Gasteiger partial charge on any atom is 0.306 e. The summed E-state index contributed by atoms with van der Waals surface area (Å²) in [6.07, 6.45) is 2.77. The minimum absolute atomic E-state index is 0.117. The van der Waals surface area contributed by atoms with Crippen LogP contribution < -0.4 is 0 Å². The van der Waals surface area contributed by atoms with Crippen LogP contribution >= 0.6 is 0 Å². The van der Waals surface area contributed by atoms with E-state index in [0.29, 0.717) is 5.92 Å². The van der Waals surface area contributed by atoms with Crippen LogP contribution in [0.4, 0.5) is 0 Å². The molecule has 19 heavy (non-hydrogen) atoms. The Kier molecular flexibility index (Phi) is 3.03. The number of aromatic nitrogens is 1. The zero-order valence-electron chi connectivity index (χ0n) is 11.0. The molecule has 1 saturated carbocycles. The van der Waals surface area contributed by atoms with E-state index in [1.54, 1.807) is 0 Å². The molecule has 1 aromatic heterocycles. The third-order valence-corrected chi connectivity index (χ3v) is 3.86. The van der Waals surface area contributed by atoms with E-state index in [1.165, 1.54) is 10.9 Å². The van der Waals surface area contributed by atoms with Crippen LogP contribution in [0.1, 0.15) is 12.0 Å². The van der Waals surface area contributed by atoms with Crippen LogP contribution in [0.5, 0.6) is 0 Å². The minimum Gasteiger partial charge on any atom is -0.481 e. The number of benzene rings is 1. The average Bonchev–Trinajstić information content (AvgIpc) is 2.97. The maximum absolute atomic E-state index is 10.8. The lowest BCUT2D eigenvalue weighted by Crippen LogP contribution is -2.21. The average molecular weight is 258 g/mol. The molecule has 2 aromatic rings. The Morgan fingerprint density at radius 2 is 2.32 bits per heavy atom. The second-order valence-corrected chi connectivity index (χ2v) is 5.54. The fourth-order valence-corrected chi connectivity index (χ4v) is 2.72. The molecule has 1 aliphatic carbocycles. The van der Waals surface area contributed by atoms with Gasteiger partial charge in [0.2, 0.25) is 0 Å². The SMILES string of the molecule is CN(Cc1ccc2cc[nH]c2c1)C[C@@H]1C[C@H]1C(=O)O. The van der Waals surface area contributed by atoms with Crippen molar-refractivity contribution in [2.75, 3.05) is 13.6 Å². The van der Waals surface area contributed by atoms with Gasteiger partial charge in [-0.05, 0) is 42.5 Å². The van der Waals surface area contributed by atoms with Crippen molar-refractivity contribution in [3.8, 4) is 0 Å². The van der Waals surface area contributed by atoms with Crippen molar-refractivity contribution in [1.29, 1.82) is 0 Å². The van der Waals surface area contributed by atoms with Gasteiger partial charge in [-0.1, -0.05) is 12.1 Å². The Balaban J connectivity index is 1.60. The van der Waals surface area contributed by atoms with E-state index in [1.807, 2.05) is 6.20 Å². The lowest BCUT2D eigenvalue weighted by atomic mass is 10.1. The number of fused-ring (bicyclic) bond motifs is 1. The third kappa shape index (κ3) is 2.63. The molecule has 2 atom stereocenters. The largest absolute Gasteiger partial charge is 0.481 e. The predicted molar refractivity (Wildman–Crippen MR) is 73.9 cm³/mol. The topological polar surface area (TPSA) is 56.3 Å². The van der Waals surface area contributed by atoms with Crippen molar-refractivity contribution >= 4 is 16.9 Å². The van der Waals surface area contributed by atoms with Gasteiger partial charge in [-0.15, -0.1) is 0 Å². The first-order valence-corrected chi connectivity index (χ1v) is 6.61. The van der Waals surface area contributed by atoms with E-state index < -0.39 is 5.97 Å². The van der Waals surface area contributed by atoms with Crippen LogP contribution in [-0.2, 0) is 11.3 Å². The molecule has 3 rings (SSSR count). The molecule has 1 aliphatic rings. The molecule has 1 heterocycles. The van der Waals surface area contributed by atoms with Crippen LogP contribution in [0.25, 0.3) is 10.9 Å². The van der Waals surface area contributed by atoms with Gasteiger partial charge < -0.3 is 15.0 Å². The smallest absolute Gasteiger partial charge is 0.306 e. The summed E-state index contributed by atoms with van der Waals surface area (Å²) >= 11 is 0. The predicted octanol–water partition coefficient (Wildman–Crippen LogP) is 2.32. The monoisotopic (exact) mass is 258 g/mol. The zero-order chi connectivity index (χ0) is 13.4. The fourth-order valence-electron chi connectivity index (χ4n) is 2.72. The fraction of sp³-hybridized carbons (Fsp3) is 0.400. The van der Waals surface area contributed by atoms with E-state index in [0.717, 1.165) is 25.0 Å². The van der Waals surface area contributed by atoms with Gasteiger partial charge in [-0.25, -0.2) is 0 Å². The number of carbonyl (C=O) groups is 1. The Morgan fingerprint density at radius 1 is 1.47 bits per heavy atom. The highest BCUT2D eigenvalue weighted by Crippen LogP contribution is 2.39. The van der Waals surface area contributed by atoms with Crippen LogP contribution in [0.2, 0.25) is 0 Å². The number of aromatic amines is 1. The quantitative estimate of drug-likeness (QED) is 0.865. The van der Waals surface area contributed by atoms with E-state index in [2.05, 4.69) is 41.2 Å². The molecule has 0 amide bonds. The van der Waals surface area contributed by atoms with Crippen LogP contribution in [-0.4, -0.2) is 34.6 Å². The third-order valence-electron chi connectivity index (χ3n) is 3.86. The summed E-state index contributed by atoms with van der Waals surface area (Å²) in [4.78, 5) is 16.2. The molecule has 2 N–H and O–H groups in total. The van der Waals surface area contributed by atoms with Gasteiger partial charge in [0.1, 0.15) is 0 Å². The number of carboxylic acid groups (broad SMARTS) is 1. The highest BCUT2D eigenvalue weighted by molar-refractivity contribution is 5.79. The molecule has 0 unspecified atom stereocenters. The van der Waals surface area contributed by atoms with Crippen molar-refractivity contribution in [2.24, 2.45) is 11.8 Å². The molecular formula is C15H18N2O2. The molecular weight excluding hydrogens is 240 g/mol. The van der Waals surface area contributed by atoms with Crippen LogP contribution in [0, 0.1) is 11.8 Å². The first kappa shape index (κ1) is 12.2. The highest BCUT2D eigenvalue weighted by atomic mass is 16.4. The Morgan fingerprint density at radius 3 is 3.05 bits per heavy atom. The standard InChI is InChI=1S/C15H18N2O2/c1-17(9-12-7-13(12)15(18)19)8-10-2-3-11-4-5-16-14(11)6-10/h2-6,12-13,16H,7-9H2,1H3,(H,18,19)/t12-,13+/m0/s1. The molecule has 0 spiro atoms. The normalized spacial score (nSPS) is 22.0. The summed E-state index contributed by atoms with van der Waals surface area (Å²) in [5, 5.41) is 10.1. The van der Waals surface area contributed by atoms with Crippen LogP contribution in [0.15, 0.2) is 30.5 Å². The van der Waals surface area contributed by atoms with Gasteiger partial charge in [0, 0.05) is 24.8 Å². The molecule has 4 nitrogen and oxygen atoms in total. The summed E-state index contributed by atoms with van der Waals surface area (Å²) in [7, 11) is 2.05. The van der Waals surface area contributed by atoms with Crippen LogP contribution in [0.3, 0.4) is 0 Å². The van der Waals surface area contributed by atoms with E-state index in [-0.39, 0.29) is 5.92 Å². The van der Waals surface area contributed by atoms with Crippen molar-refractivity contribution in [2.45, 2.75) is 13.0 Å². The summed E-state index contributed by atoms with van der Waals surface area (Å²) in [6, 6.07) is 8.47. The number of H-pyrrole nitrogens is 1. The Bertz CT molecular complexity index is 605. The summed E-state index contributed by atoms with van der Waals surface area (Å²) in [6.45, 7) is 1.72. The zero-order valence-corrected chi connectivity index (χ0v) is 11.0. The molecule has 1 aromatic carbocycles. The van der Waals surface area contributed by atoms with Gasteiger partial charge in [0.05, 0.1) is 5.92 Å². The number of nitrogens with zero attached hydrogens (tertiary/aromatic N) is 1. The van der Waals surface area contributed by atoms with E-state index >= 15 is 0 Å². The van der Waals surface area contributed by atoms with Gasteiger partial charge in [0.15, 0.2) is 0 Å². The Labute approximate surface area is 112 Å². The van der Waals surface area contributed by atoms with Gasteiger partial charge in [-0.3, -0.25) is 4.79 Å². The maximum atomic E-state index is 10.8. The second-order valence-electron chi connectivity index (χ2n) is 5.54. The van der Waals surface area contributed by atoms with E-state index in [4.69, 9.17) is 5.11 Å². The molecule has 0 aliphatic heterocycles. The first-order valence-electron chi connectivity index (χ1n) is 6.61. The molecule has 0 radical (unpaired) electrons. The molecule has 4 heteroatoms. The van der Waals surface area contributed by atoms with Gasteiger partial charge >= 0.3 is 5.97 Å². The van der Waals surface area contributed by atoms with Gasteiger partial charge in [-0.2, -0.15) is 0 Å². The number of carboxylic acids is 1. The summed E-state index contributed by atoms with van der Waals surface area (Å²) in [5.74, 6) is -0.434. The molecule has 0 bridgehead atoms. The number of hydrogen-bond acceptors (Lipinski definition) is 2. The lowest BCUT2D eigenvalue weighted by Gasteiger charge is -2.16. The number of rotatable bonds is 5.